The topological polar surface area (TPSA) is 34.1 Å². The maximum Gasteiger partial charge on any atom is 0.341 e. The summed E-state index contributed by atoms with van der Waals surface area (Å²) in [7, 11) is 4.81. The number of rotatable bonds is 5. The molecule has 0 aliphatic carbocycles. The van der Waals surface area contributed by atoms with Crippen molar-refractivity contribution in [3.63, 3.8) is 0 Å². The Morgan fingerprint density at radius 1 is 1.00 bits per heavy atom. The zero-order valence-electron chi connectivity index (χ0n) is 8.15. The zero-order valence-corrected chi connectivity index (χ0v) is 13.7. The Morgan fingerprint density at radius 2 is 1.40 bits per heavy atom. The Balaban J connectivity index is 0. The van der Waals surface area contributed by atoms with E-state index in [0.717, 1.165) is 12.5 Å². The molecule has 0 aromatic carbocycles. The van der Waals surface area contributed by atoms with Crippen LogP contribution in [0.15, 0.2) is 0 Å². The van der Waals surface area contributed by atoms with E-state index in [1.54, 1.807) is 0 Å². The van der Waals surface area contributed by atoms with Crippen molar-refractivity contribution in [3.8, 4) is 0 Å². The molecule has 2 nitrogen and oxygen atoms in total. The maximum atomic E-state index is 9.16. The predicted molar refractivity (Wildman–Crippen MR) is 72.9 cm³/mol. The van der Waals surface area contributed by atoms with E-state index < -0.39 is 14.3 Å². The van der Waals surface area contributed by atoms with Gasteiger partial charge in [-0.3, -0.25) is 0 Å². The van der Waals surface area contributed by atoms with Gasteiger partial charge in [0, 0.05) is 21.4 Å². The second-order valence-electron chi connectivity index (χ2n) is 2.80. The maximum absolute atomic E-state index is 9.16. The molecular weight excluding hydrogens is 341 g/mol. The van der Waals surface area contributed by atoms with Gasteiger partial charge in [0.15, 0.2) is 0 Å². The smallest absolute Gasteiger partial charge is 0.195 e. The van der Waals surface area contributed by atoms with Gasteiger partial charge >= 0.3 is 14.3 Å². The van der Waals surface area contributed by atoms with Gasteiger partial charge in [0.2, 0.25) is 0 Å². The summed E-state index contributed by atoms with van der Waals surface area (Å²) < 4.78 is 18.3. The van der Waals surface area contributed by atoms with Crippen molar-refractivity contribution in [2.45, 2.75) is 38.7 Å². The quantitative estimate of drug-likeness (QED) is 0.303. The van der Waals surface area contributed by atoms with Gasteiger partial charge < -0.3 is 0 Å². The van der Waals surface area contributed by atoms with Crippen molar-refractivity contribution in [3.05, 3.63) is 0 Å². The standard InChI is InChI=1S/C6H13Cl3Si.Cl2O2S/c1-2-3-4-5-6-10(7,8)9;1-5(2,3)4/h2-6H2,1H3;. The highest BCUT2D eigenvalue weighted by atomic mass is 36.0. The summed E-state index contributed by atoms with van der Waals surface area (Å²) in [5.74, 6) is 0. The van der Waals surface area contributed by atoms with Gasteiger partial charge in [0.05, 0.1) is 0 Å². The van der Waals surface area contributed by atoms with Crippen LogP contribution in [0.1, 0.15) is 32.6 Å². The van der Waals surface area contributed by atoms with Gasteiger partial charge in [-0.2, -0.15) is 8.42 Å². The number of unbranched alkanes of at least 4 members (excludes halogenated alkanes) is 3. The van der Waals surface area contributed by atoms with Gasteiger partial charge in [0.1, 0.15) is 0 Å². The molecule has 0 aromatic heterocycles. The third-order valence-corrected chi connectivity index (χ3v) is 3.94. The van der Waals surface area contributed by atoms with Crippen LogP contribution in [0.5, 0.6) is 0 Å². The van der Waals surface area contributed by atoms with Crippen LogP contribution in [0, 0.1) is 0 Å². The summed E-state index contributed by atoms with van der Waals surface area (Å²) in [5, 5.41) is 0. The van der Waals surface area contributed by atoms with Crippen molar-refractivity contribution in [1.82, 2.24) is 0 Å². The molecule has 0 rings (SSSR count). The lowest BCUT2D eigenvalue weighted by molar-refractivity contribution is 0.621. The molecule has 0 bridgehead atoms. The van der Waals surface area contributed by atoms with E-state index in [9.17, 15) is 0 Å². The Morgan fingerprint density at radius 3 is 1.67 bits per heavy atom. The highest BCUT2D eigenvalue weighted by molar-refractivity contribution is 8.31. The minimum atomic E-state index is -3.72. The minimum Gasteiger partial charge on any atom is -0.195 e. The molecule has 0 amide bonds. The second-order valence-corrected chi connectivity index (χ2v) is 15.8. The molecule has 0 aromatic rings. The lowest BCUT2D eigenvalue weighted by atomic mass is 10.2. The van der Waals surface area contributed by atoms with Crippen LogP contribution < -0.4 is 0 Å². The summed E-state index contributed by atoms with van der Waals surface area (Å²) in [6.07, 6.45) is 4.78. The highest BCUT2D eigenvalue weighted by Crippen LogP contribution is 2.27. The Kier molecular flexibility index (Phi) is 12.2. The average Bonchev–Trinajstić information content (AvgIpc) is 1.93. The molecule has 0 atom stereocenters. The third kappa shape index (κ3) is 39.0. The van der Waals surface area contributed by atoms with Gasteiger partial charge in [-0.15, -0.1) is 33.2 Å². The van der Waals surface area contributed by atoms with Crippen LogP contribution in [-0.2, 0) is 8.26 Å². The van der Waals surface area contributed by atoms with Crippen molar-refractivity contribution < 1.29 is 8.42 Å². The summed E-state index contributed by atoms with van der Waals surface area (Å²) >= 11 is 17.0. The van der Waals surface area contributed by atoms with Crippen molar-refractivity contribution >= 4 is 68.9 Å². The van der Waals surface area contributed by atoms with Crippen molar-refractivity contribution in [1.29, 1.82) is 0 Å². The van der Waals surface area contributed by atoms with E-state index in [1.807, 2.05) is 0 Å². The fraction of sp³-hybridized carbons (Fsp3) is 1.00. The summed E-state index contributed by atoms with van der Waals surface area (Å²) in [4.78, 5) is 0. The normalized spacial score (nSPS) is 11.9. The number of hydrogen-bond acceptors (Lipinski definition) is 2. The van der Waals surface area contributed by atoms with E-state index in [-0.39, 0.29) is 0 Å². The third-order valence-electron chi connectivity index (χ3n) is 1.31. The van der Waals surface area contributed by atoms with Crippen LogP contribution in [0.4, 0.5) is 0 Å². The average molecular weight is 355 g/mol. The SMILES string of the molecule is CCCCCC[Si](Cl)(Cl)Cl.O=S(=O)(Cl)Cl. The number of hydrogen-bond donors (Lipinski definition) is 0. The van der Waals surface area contributed by atoms with E-state index in [4.69, 9.17) is 41.7 Å². The molecule has 0 saturated carbocycles. The molecule has 15 heavy (non-hydrogen) atoms. The van der Waals surface area contributed by atoms with Crippen LogP contribution in [0.2, 0.25) is 6.04 Å². The summed E-state index contributed by atoms with van der Waals surface area (Å²) in [5.41, 5.74) is 0. The summed E-state index contributed by atoms with van der Waals surface area (Å²) in [6.45, 7) is 2.17. The minimum absolute atomic E-state index is 0.817. The Hall–Kier alpha value is 1.62. The molecule has 0 N–H and O–H groups in total. The van der Waals surface area contributed by atoms with Crippen LogP contribution in [0.25, 0.3) is 0 Å². The molecule has 0 aliphatic heterocycles. The van der Waals surface area contributed by atoms with Gasteiger partial charge in [-0.05, 0) is 6.04 Å². The predicted octanol–water partition coefficient (Wildman–Crippen LogP) is 4.93. The van der Waals surface area contributed by atoms with Gasteiger partial charge in [-0.1, -0.05) is 32.6 Å². The van der Waals surface area contributed by atoms with Crippen molar-refractivity contribution in [2.75, 3.05) is 0 Å². The fourth-order valence-corrected chi connectivity index (χ4v) is 2.61. The monoisotopic (exact) mass is 352 g/mol. The summed E-state index contributed by atoms with van der Waals surface area (Å²) in [6, 6.07) is -1.47. The molecule has 0 radical (unpaired) electrons. The van der Waals surface area contributed by atoms with E-state index in [2.05, 4.69) is 28.3 Å². The van der Waals surface area contributed by atoms with E-state index >= 15 is 0 Å². The van der Waals surface area contributed by atoms with Crippen LogP contribution in [0.3, 0.4) is 0 Å². The largest absolute Gasteiger partial charge is 0.341 e. The first kappa shape index (κ1) is 19.0. The lowest BCUT2D eigenvalue weighted by Gasteiger charge is -2.05. The lowest BCUT2D eigenvalue weighted by Crippen LogP contribution is -2.07. The van der Waals surface area contributed by atoms with Crippen LogP contribution >= 0.6 is 54.6 Å². The number of halogens is 5. The molecule has 0 aliphatic rings. The molecule has 0 saturated heterocycles. The van der Waals surface area contributed by atoms with E-state index in [0.29, 0.717) is 0 Å². The second kappa shape index (κ2) is 9.63. The molecule has 9 heteroatoms. The van der Waals surface area contributed by atoms with Crippen molar-refractivity contribution in [2.24, 2.45) is 0 Å². The molecule has 0 fully saturated rings. The molecule has 0 heterocycles. The Bertz CT molecular complexity index is 230. The van der Waals surface area contributed by atoms with Gasteiger partial charge in [0.25, 0.3) is 0 Å². The molecule has 0 unspecified atom stereocenters. The van der Waals surface area contributed by atoms with E-state index in [1.165, 1.54) is 19.3 Å². The molecule has 94 valence electrons. The molecular formula is C6H13Cl5O2SSi. The zero-order chi connectivity index (χ0) is 12.5. The van der Waals surface area contributed by atoms with Crippen LogP contribution in [-0.4, -0.2) is 14.4 Å². The first-order chi connectivity index (χ1) is 6.56. The molecule has 0 spiro atoms. The first-order valence-electron chi connectivity index (χ1n) is 4.27. The Labute approximate surface area is 115 Å². The first-order valence-corrected chi connectivity index (χ1v) is 12.6. The van der Waals surface area contributed by atoms with Gasteiger partial charge in [-0.25, -0.2) is 0 Å². The fourth-order valence-electron chi connectivity index (χ4n) is 0.752. The highest BCUT2D eigenvalue weighted by Gasteiger charge is 2.23.